The molecule has 0 saturated heterocycles. The van der Waals surface area contributed by atoms with Crippen molar-refractivity contribution < 1.29 is 18.3 Å². The molecule has 0 aromatic carbocycles. The maximum atomic E-state index is 11.4. The lowest BCUT2D eigenvalue weighted by Gasteiger charge is -2.04. The Morgan fingerprint density at radius 3 is 2.30 bits per heavy atom. The SMILES string of the molecule is CC(C)OCC(=O)C(F)F. The molecule has 0 atom stereocenters. The predicted octanol–water partition coefficient (Wildman–Crippen LogP) is 1.25. The largest absolute Gasteiger partial charge is 0.371 e. The number of alkyl halides is 2. The molecule has 0 N–H and O–H groups in total. The Bertz CT molecular complexity index is 112. The molecule has 0 radical (unpaired) electrons. The number of carbonyl (C=O) groups excluding carboxylic acids is 1. The zero-order valence-corrected chi connectivity index (χ0v) is 5.93. The van der Waals surface area contributed by atoms with Gasteiger partial charge in [-0.05, 0) is 13.8 Å². The Morgan fingerprint density at radius 1 is 1.50 bits per heavy atom. The van der Waals surface area contributed by atoms with Crippen molar-refractivity contribution in [1.82, 2.24) is 0 Å². The minimum Gasteiger partial charge on any atom is -0.371 e. The van der Waals surface area contributed by atoms with Gasteiger partial charge in [-0.25, -0.2) is 8.78 Å². The summed E-state index contributed by atoms with van der Waals surface area (Å²) in [6, 6.07) is 0. The van der Waals surface area contributed by atoms with Gasteiger partial charge in [0.1, 0.15) is 6.61 Å². The second kappa shape index (κ2) is 4.33. The third kappa shape index (κ3) is 4.38. The van der Waals surface area contributed by atoms with Crippen molar-refractivity contribution in [2.24, 2.45) is 0 Å². The molecule has 0 unspecified atom stereocenters. The Hall–Kier alpha value is -0.510. The van der Waals surface area contributed by atoms with Gasteiger partial charge in [0.05, 0.1) is 6.10 Å². The summed E-state index contributed by atoms with van der Waals surface area (Å²) in [5.74, 6) is -1.16. The number of hydrogen-bond acceptors (Lipinski definition) is 2. The first-order valence-corrected chi connectivity index (χ1v) is 2.96. The van der Waals surface area contributed by atoms with Crippen LogP contribution in [0.5, 0.6) is 0 Å². The highest BCUT2D eigenvalue weighted by Crippen LogP contribution is 1.96. The summed E-state index contributed by atoms with van der Waals surface area (Å²) in [7, 11) is 0. The lowest BCUT2D eigenvalue weighted by atomic mass is 10.4. The maximum Gasteiger partial charge on any atom is 0.298 e. The number of Topliss-reactive ketones (excluding diaryl/α,β-unsaturated/α-hetero) is 1. The van der Waals surface area contributed by atoms with Gasteiger partial charge in [-0.1, -0.05) is 0 Å². The fraction of sp³-hybridized carbons (Fsp3) is 0.833. The average molecular weight is 152 g/mol. The Morgan fingerprint density at radius 2 is 2.00 bits per heavy atom. The molecule has 0 saturated carbocycles. The summed E-state index contributed by atoms with van der Waals surface area (Å²) in [6.45, 7) is 2.87. The normalized spacial score (nSPS) is 11.0. The molecule has 0 aliphatic heterocycles. The molecule has 2 nitrogen and oxygen atoms in total. The van der Waals surface area contributed by atoms with E-state index in [0.717, 1.165) is 0 Å². The van der Waals surface area contributed by atoms with Gasteiger partial charge >= 0.3 is 0 Å². The quantitative estimate of drug-likeness (QED) is 0.605. The van der Waals surface area contributed by atoms with Crippen molar-refractivity contribution in [1.29, 1.82) is 0 Å². The number of hydrogen-bond donors (Lipinski definition) is 0. The van der Waals surface area contributed by atoms with E-state index in [1.807, 2.05) is 0 Å². The predicted molar refractivity (Wildman–Crippen MR) is 32.1 cm³/mol. The zero-order valence-electron chi connectivity index (χ0n) is 5.93. The van der Waals surface area contributed by atoms with Crippen LogP contribution in [0.1, 0.15) is 13.8 Å². The van der Waals surface area contributed by atoms with Crippen LogP contribution in [0.2, 0.25) is 0 Å². The molecule has 0 heterocycles. The average Bonchev–Trinajstić information content (AvgIpc) is 1.82. The van der Waals surface area contributed by atoms with Crippen LogP contribution in [0.15, 0.2) is 0 Å². The van der Waals surface area contributed by atoms with Gasteiger partial charge in [-0.15, -0.1) is 0 Å². The number of carbonyl (C=O) groups is 1. The van der Waals surface area contributed by atoms with Crippen molar-refractivity contribution >= 4 is 5.78 Å². The van der Waals surface area contributed by atoms with E-state index in [1.165, 1.54) is 0 Å². The first kappa shape index (κ1) is 9.49. The van der Waals surface area contributed by atoms with E-state index in [4.69, 9.17) is 0 Å². The molecule has 0 bridgehead atoms. The van der Waals surface area contributed by atoms with Gasteiger partial charge < -0.3 is 4.74 Å². The summed E-state index contributed by atoms with van der Waals surface area (Å²) in [5.41, 5.74) is 0. The third-order valence-corrected chi connectivity index (χ3v) is 0.802. The number of rotatable bonds is 4. The number of ketones is 1. The molecule has 0 aromatic rings. The second-order valence-corrected chi connectivity index (χ2v) is 2.13. The molecular weight excluding hydrogens is 142 g/mol. The highest BCUT2D eigenvalue weighted by atomic mass is 19.3. The van der Waals surface area contributed by atoms with Gasteiger partial charge in [0.2, 0.25) is 5.78 Å². The zero-order chi connectivity index (χ0) is 8.15. The molecule has 0 aliphatic rings. The van der Waals surface area contributed by atoms with Crippen molar-refractivity contribution in [2.45, 2.75) is 26.4 Å². The van der Waals surface area contributed by atoms with Crippen LogP contribution in [-0.2, 0) is 9.53 Å². The standard InChI is InChI=1S/C6H10F2O2/c1-4(2)10-3-5(9)6(7)8/h4,6H,3H2,1-2H3. The smallest absolute Gasteiger partial charge is 0.298 e. The molecular formula is C6H10F2O2. The van der Waals surface area contributed by atoms with E-state index in [9.17, 15) is 13.6 Å². The molecule has 0 aromatic heterocycles. The van der Waals surface area contributed by atoms with Crippen LogP contribution in [0.3, 0.4) is 0 Å². The monoisotopic (exact) mass is 152 g/mol. The summed E-state index contributed by atoms with van der Waals surface area (Å²) in [4.78, 5) is 10.2. The Labute approximate surface area is 58.2 Å². The summed E-state index contributed by atoms with van der Waals surface area (Å²) in [6.07, 6.45) is -3.08. The van der Waals surface area contributed by atoms with E-state index in [2.05, 4.69) is 4.74 Å². The topological polar surface area (TPSA) is 26.3 Å². The molecule has 10 heavy (non-hydrogen) atoms. The van der Waals surface area contributed by atoms with E-state index in [0.29, 0.717) is 0 Å². The van der Waals surface area contributed by atoms with Crippen molar-refractivity contribution in [3.8, 4) is 0 Å². The van der Waals surface area contributed by atoms with Crippen LogP contribution >= 0.6 is 0 Å². The van der Waals surface area contributed by atoms with Crippen molar-refractivity contribution in [3.05, 3.63) is 0 Å². The third-order valence-electron chi connectivity index (χ3n) is 0.802. The minimum atomic E-state index is -2.90. The summed E-state index contributed by atoms with van der Waals surface area (Å²) < 4.78 is 27.5. The van der Waals surface area contributed by atoms with Crippen LogP contribution in [0.25, 0.3) is 0 Å². The molecule has 60 valence electrons. The van der Waals surface area contributed by atoms with E-state index in [-0.39, 0.29) is 6.10 Å². The Kier molecular flexibility index (Phi) is 4.11. The van der Waals surface area contributed by atoms with E-state index >= 15 is 0 Å². The van der Waals surface area contributed by atoms with Crippen LogP contribution < -0.4 is 0 Å². The lowest BCUT2D eigenvalue weighted by Crippen LogP contribution is -2.19. The first-order chi connectivity index (χ1) is 4.54. The molecule has 0 amide bonds. The highest BCUT2D eigenvalue weighted by Gasteiger charge is 2.15. The van der Waals surface area contributed by atoms with Crippen molar-refractivity contribution in [3.63, 3.8) is 0 Å². The second-order valence-electron chi connectivity index (χ2n) is 2.13. The van der Waals surface area contributed by atoms with Crippen LogP contribution in [0, 0.1) is 0 Å². The molecule has 0 fully saturated rings. The van der Waals surface area contributed by atoms with Crippen molar-refractivity contribution in [2.75, 3.05) is 6.61 Å². The fourth-order valence-corrected chi connectivity index (χ4v) is 0.312. The highest BCUT2D eigenvalue weighted by molar-refractivity contribution is 5.82. The van der Waals surface area contributed by atoms with Gasteiger partial charge in [-0.3, -0.25) is 4.79 Å². The maximum absolute atomic E-state index is 11.4. The number of halogens is 2. The first-order valence-electron chi connectivity index (χ1n) is 2.96. The molecule has 0 aliphatic carbocycles. The van der Waals surface area contributed by atoms with Crippen LogP contribution in [0.4, 0.5) is 8.78 Å². The summed E-state index contributed by atoms with van der Waals surface area (Å²) >= 11 is 0. The van der Waals surface area contributed by atoms with Gasteiger partial charge in [0.15, 0.2) is 0 Å². The number of ether oxygens (including phenoxy) is 1. The molecule has 0 spiro atoms. The lowest BCUT2D eigenvalue weighted by molar-refractivity contribution is -0.135. The molecule has 4 heteroatoms. The Balaban J connectivity index is 3.40. The van der Waals surface area contributed by atoms with Gasteiger partial charge in [0, 0.05) is 0 Å². The molecule has 0 rings (SSSR count). The van der Waals surface area contributed by atoms with E-state index < -0.39 is 18.8 Å². The van der Waals surface area contributed by atoms with Gasteiger partial charge in [0.25, 0.3) is 6.43 Å². The van der Waals surface area contributed by atoms with E-state index in [1.54, 1.807) is 13.8 Å². The summed E-state index contributed by atoms with van der Waals surface area (Å²) in [5, 5.41) is 0. The van der Waals surface area contributed by atoms with Gasteiger partial charge in [-0.2, -0.15) is 0 Å². The fourth-order valence-electron chi connectivity index (χ4n) is 0.312. The minimum absolute atomic E-state index is 0.178. The van der Waals surface area contributed by atoms with Crippen LogP contribution in [-0.4, -0.2) is 24.9 Å².